The number of aromatic nitrogens is 2. The zero-order chi connectivity index (χ0) is 17.2. The predicted octanol–water partition coefficient (Wildman–Crippen LogP) is 1.25. The van der Waals surface area contributed by atoms with Crippen LogP contribution in [0.2, 0.25) is 0 Å². The fraction of sp³-hybridized carbons (Fsp3) is 0.333. The van der Waals surface area contributed by atoms with Crippen molar-refractivity contribution >= 4 is 23.3 Å². The molecule has 2 fully saturated rings. The van der Waals surface area contributed by atoms with E-state index in [2.05, 4.69) is 20.8 Å². The highest BCUT2D eigenvalue weighted by Gasteiger charge is 2.32. The van der Waals surface area contributed by atoms with Crippen molar-refractivity contribution in [3.8, 4) is 0 Å². The molecule has 0 radical (unpaired) electrons. The number of hydrogen-bond acceptors (Lipinski definition) is 5. The first kappa shape index (κ1) is 15.7. The number of carbonyl (C=O) groups is 2. The summed E-state index contributed by atoms with van der Waals surface area (Å²) in [4.78, 5) is 26.5. The van der Waals surface area contributed by atoms with Crippen LogP contribution < -0.4 is 15.5 Å². The third-order valence-electron chi connectivity index (χ3n) is 4.44. The van der Waals surface area contributed by atoms with Crippen LogP contribution >= 0.6 is 0 Å². The third kappa shape index (κ3) is 3.36. The van der Waals surface area contributed by atoms with E-state index in [1.165, 1.54) is 0 Å². The van der Waals surface area contributed by atoms with Gasteiger partial charge in [-0.2, -0.15) is 5.10 Å². The summed E-state index contributed by atoms with van der Waals surface area (Å²) in [6.07, 6.45) is 3.67. The van der Waals surface area contributed by atoms with Gasteiger partial charge in [0.05, 0.1) is 11.6 Å². The minimum atomic E-state index is -0.0744. The molecule has 2 amide bonds. The monoisotopic (exact) mass is 337 g/mol. The lowest BCUT2D eigenvalue weighted by molar-refractivity contribution is -0.123. The van der Waals surface area contributed by atoms with Crippen LogP contribution in [0.25, 0.3) is 0 Å². The Morgan fingerprint density at radius 3 is 2.44 bits per heavy atom. The van der Waals surface area contributed by atoms with Gasteiger partial charge < -0.3 is 10.6 Å². The van der Waals surface area contributed by atoms with Crippen molar-refractivity contribution < 1.29 is 9.59 Å². The zero-order valence-corrected chi connectivity index (χ0v) is 13.7. The molecule has 1 saturated heterocycles. The molecule has 4 rings (SSSR count). The van der Waals surface area contributed by atoms with E-state index in [1.54, 1.807) is 47.5 Å². The fourth-order valence-electron chi connectivity index (χ4n) is 2.69. The Bertz CT molecular complexity index is 770. The second-order valence-corrected chi connectivity index (χ2v) is 6.41. The minimum absolute atomic E-state index is 0.0190. The van der Waals surface area contributed by atoms with Crippen LogP contribution in [0.4, 0.5) is 11.5 Å². The molecule has 1 aliphatic carbocycles. The third-order valence-corrected chi connectivity index (χ3v) is 4.44. The molecule has 128 valence electrons. The summed E-state index contributed by atoms with van der Waals surface area (Å²) in [5, 5.41) is 14.0. The Balaban J connectivity index is 1.60. The summed E-state index contributed by atoms with van der Waals surface area (Å²) in [6.45, 7) is 1.33. The number of anilines is 2. The van der Waals surface area contributed by atoms with Crippen molar-refractivity contribution in [3.05, 3.63) is 48.2 Å². The van der Waals surface area contributed by atoms with E-state index < -0.39 is 0 Å². The van der Waals surface area contributed by atoms with Crippen LogP contribution in [-0.4, -0.2) is 41.1 Å². The highest BCUT2D eigenvalue weighted by molar-refractivity contribution is 6.02. The second-order valence-electron chi connectivity index (χ2n) is 6.41. The second kappa shape index (κ2) is 6.60. The van der Waals surface area contributed by atoms with Gasteiger partial charge in [-0.25, -0.2) is 0 Å². The van der Waals surface area contributed by atoms with Gasteiger partial charge in [0, 0.05) is 30.9 Å². The molecule has 25 heavy (non-hydrogen) atoms. The van der Waals surface area contributed by atoms with Gasteiger partial charge >= 0.3 is 0 Å². The van der Waals surface area contributed by atoms with Crippen LogP contribution in [-0.2, 0) is 4.79 Å². The topological polar surface area (TPSA) is 87.2 Å². The molecule has 0 bridgehead atoms. The first-order valence-corrected chi connectivity index (χ1v) is 8.46. The summed E-state index contributed by atoms with van der Waals surface area (Å²) >= 11 is 0. The molecular weight excluding hydrogens is 318 g/mol. The Kier molecular flexibility index (Phi) is 4.15. The van der Waals surface area contributed by atoms with E-state index in [0.29, 0.717) is 36.2 Å². The van der Waals surface area contributed by atoms with Gasteiger partial charge in [-0.15, -0.1) is 5.10 Å². The van der Waals surface area contributed by atoms with Crippen molar-refractivity contribution in [3.63, 3.8) is 0 Å². The summed E-state index contributed by atoms with van der Waals surface area (Å²) in [6, 6.07) is 10.9. The minimum Gasteiger partial charge on any atom is -0.349 e. The molecule has 2 heterocycles. The first-order chi connectivity index (χ1) is 12.2. The fourth-order valence-corrected chi connectivity index (χ4v) is 2.69. The van der Waals surface area contributed by atoms with Crippen molar-refractivity contribution in [1.82, 2.24) is 20.8 Å². The van der Waals surface area contributed by atoms with Gasteiger partial charge in [0.25, 0.3) is 5.91 Å². The maximum atomic E-state index is 12.8. The largest absolute Gasteiger partial charge is 0.349 e. The van der Waals surface area contributed by atoms with Crippen LogP contribution in [0.1, 0.15) is 23.2 Å². The van der Waals surface area contributed by atoms with Crippen LogP contribution in [0.15, 0.2) is 42.6 Å². The molecule has 1 aromatic carbocycles. The summed E-state index contributed by atoms with van der Waals surface area (Å²) < 4.78 is 0. The highest BCUT2D eigenvalue weighted by Crippen LogP contribution is 2.27. The Morgan fingerprint density at radius 2 is 1.88 bits per heavy atom. The van der Waals surface area contributed by atoms with E-state index in [9.17, 15) is 9.59 Å². The molecule has 1 aliphatic heterocycles. The molecule has 1 saturated carbocycles. The molecule has 2 N–H and O–H groups in total. The number of carbonyl (C=O) groups excluding carboxylic acids is 2. The standard InChI is InChI=1S/C18H19N5O2/c24-17(21-14-5-6-14)12-3-7-15(8-4-12)23(16-2-1-9-20-22-16)18(25)13-10-19-11-13/h1-4,7-9,13-14,19H,5-6,10-11H2,(H,21,24). The first-order valence-electron chi connectivity index (χ1n) is 8.46. The SMILES string of the molecule is O=C(NC1CC1)c1ccc(N(C(=O)C2CNC2)c2cccnn2)cc1. The number of nitrogens with one attached hydrogen (secondary N) is 2. The lowest BCUT2D eigenvalue weighted by Crippen LogP contribution is -2.51. The summed E-state index contributed by atoms with van der Waals surface area (Å²) in [5.41, 5.74) is 1.27. The molecule has 7 heteroatoms. The van der Waals surface area contributed by atoms with E-state index >= 15 is 0 Å². The van der Waals surface area contributed by atoms with E-state index in [-0.39, 0.29) is 17.7 Å². The lowest BCUT2D eigenvalue weighted by Gasteiger charge is -2.31. The van der Waals surface area contributed by atoms with Crippen LogP contribution in [0, 0.1) is 5.92 Å². The highest BCUT2D eigenvalue weighted by atomic mass is 16.2. The maximum absolute atomic E-state index is 12.8. The Morgan fingerprint density at radius 1 is 1.12 bits per heavy atom. The van der Waals surface area contributed by atoms with E-state index in [1.807, 2.05) is 0 Å². The van der Waals surface area contributed by atoms with Gasteiger partial charge in [-0.1, -0.05) is 0 Å². The predicted molar refractivity (Wildman–Crippen MR) is 92.5 cm³/mol. The van der Waals surface area contributed by atoms with Gasteiger partial charge in [0.2, 0.25) is 5.91 Å². The molecule has 0 spiro atoms. The summed E-state index contributed by atoms with van der Waals surface area (Å²) in [5.74, 6) is 0.318. The molecule has 0 unspecified atom stereocenters. The number of rotatable bonds is 5. The lowest BCUT2D eigenvalue weighted by atomic mass is 10.0. The molecule has 1 aromatic heterocycles. The number of amides is 2. The summed E-state index contributed by atoms with van der Waals surface area (Å²) in [7, 11) is 0. The number of hydrogen-bond donors (Lipinski definition) is 2. The Hall–Kier alpha value is -2.80. The van der Waals surface area contributed by atoms with E-state index in [4.69, 9.17) is 0 Å². The van der Waals surface area contributed by atoms with Crippen molar-refractivity contribution in [2.24, 2.45) is 5.92 Å². The molecule has 2 aromatic rings. The van der Waals surface area contributed by atoms with Crippen molar-refractivity contribution in [2.45, 2.75) is 18.9 Å². The average Bonchev–Trinajstić information content (AvgIpc) is 3.39. The molecule has 2 aliphatic rings. The average molecular weight is 337 g/mol. The van der Waals surface area contributed by atoms with Crippen molar-refractivity contribution in [2.75, 3.05) is 18.0 Å². The Labute approximate surface area is 145 Å². The van der Waals surface area contributed by atoms with Gasteiger partial charge in [-0.05, 0) is 49.2 Å². The maximum Gasteiger partial charge on any atom is 0.251 e. The zero-order valence-electron chi connectivity index (χ0n) is 13.7. The van der Waals surface area contributed by atoms with E-state index in [0.717, 1.165) is 12.8 Å². The molecule has 7 nitrogen and oxygen atoms in total. The van der Waals surface area contributed by atoms with Gasteiger partial charge in [0.15, 0.2) is 5.82 Å². The van der Waals surface area contributed by atoms with Gasteiger partial charge in [-0.3, -0.25) is 14.5 Å². The molecular formula is C18H19N5O2. The normalized spacial score (nSPS) is 16.8. The van der Waals surface area contributed by atoms with Crippen LogP contribution in [0.5, 0.6) is 0 Å². The van der Waals surface area contributed by atoms with Crippen LogP contribution in [0.3, 0.4) is 0 Å². The van der Waals surface area contributed by atoms with Crippen molar-refractivity contribution in [1.29, 1.82) is 0 Å². The number of benzene rings is 1. The quantitative estimate of drug-likeness (QED) is 0.857. The smallest absolute Gasteiger partial charge is 0.251 e. The molecule has 0 atom stereocenters. The van der Waals surface area contributed by atoms with Gasteiger partial charge in [0.1, 0.15) is 0 Å². The number of nitrogens with zero attached hydrogens (tertiary/aromatic N) is 3.